The van der Waals surface area contributed by atoms with Gasteiger partial charge in [-0.25, -0.2) is 4.99 Å². The lowest BCUT2D eigenvalue weighted by Crippen LogP contribution is -2.41. The van der Waals surface area contributed by atoms with Gasteiger partial charge in [-0.2, -0.15) is 13.2 Å². The maximum atomic E-state index is 12.6. The third-order valence-electron chi connectivity index (χ3n) is 3.78. The van der Waals surface area contributed by atoms with E-state index in [1.165, 1.54) is 12.1 Å². The highest BCUT2D eigenvalue weighted by molar-refractivity contribution is 14.0. The summed E-state index contributed by atoms with van der Waals surface area (Å²) in [4.78, 5) is 16.3. The molecular formula is C20H24F3IN4O. The normalized spacial score (nSPS) is 11.4. The number of carbonyl (C=O) groups excluding carboxylic acids is 1. The van der Waals surface area contributed by atoms with Crippen LogP contribution in [0, 0.1) is 0 Å². The fourth-order valence-electron chi connectivity index (χ4n) is 2.36. The molecule has 0 saturated carbocycles. The van der Waals surface area contributed by atoms with Crippen LogP contribution < -0.4 is 16.0 Å². The van der Waals surface area contributed by atoms with E-state index in [1.54, 1.807) is 24.3 Å². The van der Waals surface area contributed by atoms with Gasteiger partial charge in [-0.1, -0.05) is 30.3 Å². The lowest BCUT2D eigenvalue weighted by molar-refractivity contribution is -0.137. The first kappa shape index (κ1) is 24.7. The molecule has 0 spiro atoms. The molecule has 0 unspecified atom stereocenters. The Balaban J connectivity index is 0.00000420. The fraction of sp³-hybridized carbons (Fsp3) is 0.300. The van der Waals surface area contributed by atoms with Gasteiger partial charge in [0.15, 0.2) is 5.96 Å². The summed E-state index contributed by atoms with van der Waals surface area (Å²) < 4.78 is 37.8. The van der Waals surface area contributed by atoms with Gasteiger partial charge in [0.1, 0.15) is 0 Å². The number of aliphatic imine (C=N–C) groups is 1. The third kappa shape index (κ3) is 8.71. The van der Waals surface area contributed by atoms with Crippen molar-refractivity contribution in [2.75, 3.05) is 19.6 Å². The zero-order valence-corrected chi connectivity index (χ0v) is 18.3. The number of nitrogens with one attached hydrogen (secondary N) is 3. The number of carbonyl (C=O) groups is 1. The maximum absolute atomic E-state index is 12.6. The SMILES string of the molecule is CCNC(=NCc1ccc(C(F)(F)F)cc1)NCCNC(=O)c1ccccc1.I. The number of amides is 1. The number of halogens is 4. The van der Waals surface area contributed by atoms with Crippen LogP contribution >= 0.6 is 24.0 Å². The summed E-state index contributed by atoms with van der Waals surface area (Å²) in [6.07, 6.45) is -4.34. The lowest BCUT2D eigenvalue weighted by atomic mass is 10.1. The zero-order valence-electron chi connectivity index (χ0n) is 15.9. The average Bonchev–Trinajstić information content (AvgIpc) is 2.69. The van der Waals surface area contributed by atoms with Gasteiger partial charge < -0.3 is 16.0 Å². The molecule has 0 aliphatic rings. The van der Waals surface area contributed by atoms with Gasteiger partial charge in [-0.05, 0) is 36.8 Å². The Morgan fingerprint density at radius 3 is 2.14 bits per heavy atom. The van der Waals surface area contributed by atoms with Crippen molar-refractivity contribution in [3.63, 3.8) is 0 Å². The van der Waals surface area contributed by atoms with Crippen molar-refractivity contribution in [3.8, 4) is 0 Å². The largest absolute Gasteiger partial charge is 0.416 e. The third-order valence-corrected chi connectivity index (χ3v) is 3.78. The molecule has 0 atom stereocenters. The highest BCUT2D eigenvalue weighted by Crippen LogP contribution is 2.29. The Labute approximate surface area is 185 Å². The van der Waals surface area contributed by atoms with Crippen molar-refractivity contribution < 1.29 is 18.0 Å². The molecule has 0 aliphatic heterocycles. The van der Waals surface area contributed by atoms with Crippen molar-refractivity contribution in [1.82, 2.24) is 16.0 Å². The molecule has 0 saturated heterocycles. The minimum atomic E-state index is -4.34. The van der Waals surface area contributed by atoms with Crippen molar-refractivity contribution in [1.29, 1.82) is 0 Å². The van der Waals surface area contributed by atoms with E-state index in [-0.39, 0.29) is 36.4 Å². The monoisotopic (exact) mass is 520 g/mol. The van der Waals surface area contributed by atoms with Crippen LogP contribution in [0.15, 0.2) is 59.6 Å². The van der Waals surface area contributed by atoms with Crippen LogP contribution in [0.3, 0.4) is 0 Å². The molecule has 3 N–H and O–H groups in total. The van der Waals surface area contributed by atoms with Crippen molar-refractivity contribution in [2.24, 2.45) is 4.99 Å². The molecule has 29 heavy (non-hydrogen) atoms. The number of hydrogen-bond donors (Lipinski definition) is 3. The van der Waals surface area contributed by atoms with Gasteiger partial charge in [0.05, 0.1) is 12.1 Å². The first-order valence-corrected chi connectivity index (χ1v) is 8.91. The number of alkyl halides is 3. The fourth-order valence-corrected chi connectivity index (χ4v) is 2.36. The zero-order chi connectivity index (χ0) is 20.4. The van der Waals surface area contributed by atoms with Crippen LogP contribution in [0.2, 0.25) is 0 Å². The predicted octanol–water partition coefficient (Wildman–Crippen LogP) is 3.81. The van der Waals surface area contributed by atoms with E-state index < -0.39 is 11.7 Å². The molecule has 0 aromatic heterocycles. The molecular weight excluding hydrogens is 496 g/mol. The summed E-state index contributed by atoms with van der Waals surface area (Å²) in [6.45, 7) is 3.64. The van der Waals surface area contributed by atoms with E-state index >= 15 is 0 Å². The Bertz CT molecular complexity index is 781. The maximum Gasteiger partial charge on any atom is 0.416 e. The van der Waals surface area contributed by atoms with Gasteiger partial charge in [-0.15, -0.1) is 24.0 Å². The topological polar surface area (TPSA) is 65.5 Å². The second-order valence-corrected chi connectivity index (χ2v) is 5.94. The summed E-state index contributed by atoms with van der Waals surface area (Å²) in [5.74, 6) is 0.366. The molecule has 0 heterocycles. The van der Waals surface area contributed by atoms with Crippen LogP contribution in [0.5, 0.6) is 0 Å². The summed E-state index contributed by atoms with van der Waals surface area (Å²) >= 11 is 0. The van der Waals surface area contributed by atoms with Gasteiger partial charge in [0.25, 0.3) is 5.91 Å². The number of hydrogen-bond acceptors (Lipinski definition) is 2. The summed E-state index contributed by atoms with van der Waals surface area (Å²) in [6, 6.07) is 13.8. The van der Waals surface area contributed by atoms with Crippen LogP contribution in [0.1, 0.15) is 28.4 Å². The first-order valence-electron chi connectivity index (χ1n) is 8.91. The van der Waals surface area contributed by atoms with Gasteiger partial charge in [0, 0.05) is 25.2 Å². The summed E-state index contributed by atoms with van der Waals surface area (Å²) in [7, 11) is 0. The van der Waals surface area contributed by atoms with E-state index in [2.05, 4.69) is 20.9 Å². The van der Waals surface area contributed by atoms with Gasteiger partial charge >= 0.3 is 6.18 Å². The highest BCUT2D eigenvalue weighted by Gasteiger charge is 2.29. The molecule has 9 heteroatoms. The molecule has 2 rings (SSSR count). The Morgan fingerprint density at radius 2 is 1.55 bits per heavy atom. The van der Waals surface area contributed by atoms with E-state index in [9.17, 15) is 18.0 Å². The van der Waals surface area contributed by atoms with Gasteiger partial charge in [0.2, 0.25) is 0 Å². The molecule has 0 radical (unpaired) electrons. The van der Waals surface area contributed by atoms with Crippen LogP contribution in [0.4, 0.5) is 13.2 Å². The second kappa shape index (κ2) is 12.3. The Kier molecular flexibility index (Phi) is 10.5. The van der Waals surface area contributed by atoms with E-state index in [4.69, 9.17) is 0 Å². The standard InChI is InChI=1S/C20H23F3N4O.HI/c1-2-24-19(26-13-12-25-18(28)16-6-4-3-5-7-16)27-14-15-8-10-17(11-9-15)20(21,22)23;/h3-11H,2,12-14H2,1H3,(H,25,28)(H2,24,26,27);1H. The van der Waals surface area contributed by atoms with Gasteiger partial charge in [-0.3, -0.25) is 4.79 Å². The summed E-state index contributed by atoms with van der Waals surface area (Å²) in [5, 5.41) is 8.93. The van der Waals surface area contributed by atoms with E-state index in [0.29, 0.717) is 36.7 Å². The van der Waals surface area contributed by atoms with Crippen LogP contribution in [-0.4, -0.2) is 31.5 Å². The van der Waals surface area contributed by atoms with E-state index in [0.717, 1.165) is 12.1 Å². The lowest BCUT2D eigenvalue weighted by Gasteiger charge is -2.12. The summed E-state index contributed by atoms with van der Waals surface area (Å²) in [5.41, 5.74) is 0.576. The quantitative estimate of drug-likeness (QED) is 0.225. The average molecular weight is 520 g/mol. The predicted molar refractivity (Wildman–Crippen MR) is 118 cm³/mol. The molecule has 0 bridgehead atoms. The molecule has 5 nitrogen and oxygen atoms in total. The molecule has 2 aromatic carbocycles. The number of guanidine groups is 1. The first-order chi connectivity index (χ1) is 13.4. The number of nitrogens with zero attached hydrogens (tertiary/aromatic N) is 1. The minimum Gasteiger partial charge on any atom is -0.357 e. The van der Waals surface area contributed by atoms with Crippen molar-refractivity contribution in [3.05, 3.63) is 71.3 Å². The van der Waals surface area contributed by atoms with Crippen LogP contribution in [-0.2, 0) is 12.7 Å². The van der Waals surface area contributed by atoms with Crippen LogP contribution in [0.25, 0.3) is 0 Å². The second-order valence-electron chi connectivity index (χ2n) is 5.94. The number of rotatable bonds is 7. The van der Waals surface area contributed by atoms with Crippen molar-refractivity contribution >= 4 is 35.8 Å². The highest BCUT2D eigenvalue weighted by atomic mass is 127. The molecule has 1 amide bonds. The Hall–Kier alpha value is -2.30. The number of benzene rings is 2. The molecule has 0 aliphatic carbocycles. The smallest absolute Gasteiger partial charge is 0.357 e. The van der Waals surface area contributed by atoms with Crippen molar-refractivity contribution in [2.45, 2.75) is 19.6 Å². The molecule has 158 valence electrons. The molecule has 2 aromatic rings. The Morgan fingerprint density at radius 1 is 0.931 bits per heavy atom. The minimum absolute atomic E-state index is 0. The van der Waals surface area contributed by atoms with E-state index in [1.807, 2.05) is 13.0 Å². The molecule has 0 fully saturated rings.